The summed E-state index contributed by atoms with van der Waals surface area (Å²) in [5, 5.41) is 6.60. The third kappa shape index (κ3) is 3.69. The SMILES string of the molecule is CC1(C)NCCC1NC(=O)CCC1CCOCC1. The van der Waals surface area contributed by atoms with E-state index in [1.807, 2.05) is 0 Å². The number of carbonyl (C=O) groups is 1. The number of amides is 1. The molecule has 18 heavy (non-hydrogen) atoms. The summed E-state index contributed by atoms with van der Waals surface area (Å²) in [6.07, 6.45) is 4.94. The molecule has 0 aromatic heterocycles. The molecule has 2 heterocycles. The van der Waals surface area contributed by atoms with Gasteiger partial charge in [0.05, 0.1) is 0 Å². The first-order chi connectivity index (χ1) is 8.58. The first kappa shape index (κ1) is 13.8. The highest BCUT2D eigenvalue weighted by Crippen LogP contribution is 2.21. The van der Waals surface area contributed by atoms with Crippen molar-refractivity contribution in [3.63, 3.8) is 0 Å². The van der Waals surface area contributed by atoms with E-state index in [4.69, 9.17) is 4.74 Å². The van der Waals surface area contributed by atoms with Crippen molar-refractivity contribution in [2.24, 2.45) is 5.92 Å². The lowest BCUT2D eigenvalue weighted by Crippen LogP contribution is -2.50. The third-order valence-corrected chi connectivity index (χ3v) is 4.34. The molecule has 0 aromatic carbocycles. The maximum atomic E-state index is 12.0. The molecule has 2 N–H and O–H groups in total. The van der Waals surface area contributed by atoms with Crippen molar-refractivity contribution in [3.05, 3.63) is 0 Å². The van der Waals surface area contributed by atoms with E-state index in [1.165, 1.54) is 0 Å². The van der Waals surface area contributed by atoms with Gasteiger partial charge in [0.25, 0.3) is 0 Å². The van der Waals surface area contributed by atoms with Crippen LogP contribution in [-0.4, -0.2) is 37.2 Å². The van der Waals surface area contributed by atoms with E-state index in [1.54, 1.807) is 0 Å². The fourth-order valence-corrected chi connectivity index (χ4v) is 2.91. The van der Waals surface area contributed by atoms with Crippen LogP contribution in [0.1, 0.15) is 46.0 Å². The molecule has 0 saturated carbocycles. The van der Waals surface area contributed by atoms with Crippen molar-refractivity contribution in [2.45, 2.75) is 57.5 Å². The van der Waals surface area contributed by atoms with Gasteiger partial charge in [0.1, 0.15) is 0 Å². The third-order valence-electron chi connectivity index (χ3n) is 4.34. The Kier molecular flexibility index (Phi) is 4.62. The zero-order chi connectivity index (χ0) is 13.0. The monoisotopic (exact) mass is 254 g/mol. The smallest absolute Gasteiger partial charge is 0.220 e. The predicted octanol–water partition coefficient (Wildman–Crippen LogP) is 1.45. The van der Waals surface area contributed by atoms with Gasteiger partial charge < -0.3 is 15.4 Å². The number of rotatable bonds is 4. The average Bonchev–Trinajstić information content (AvgIpc) is 2.68. The lowest BCUT2D eigenvalue weighted by atomic mass is 9.94. The molecule has 0 spiro atoms. The number of ether oxygens (including phenoxy) is 1. The van der Waals surface area contributed by atoms with Crippen LogP contribution in [0.2, 0.25) is 0 Å². The summed E-state index contributed by atoms with van der Waals surface area (Å²) in [7, 11) is 0. The molecule has 104 valence electrons. The molecule has 2 aliphatic rings. The van der Waals surface area contributed by atoms with Crippen molar-refractivity contribution >= 4 is 5.91 Å². The zero-order valence-corrected chi connectivity index (χ0v) is 11.6. The maximum Gasteiger partial charge on any atom is 0.220 e. The standard InChI is InChI=1S/C14H26N2O2/c1-14(2)12(5-8-15-14)16-13(17)4-3-11-6-9-18-10-7-11/h11-12,15H,3-10H2,1-2H3,(H,16,17). The van der Waals surface area contributed by atoms with Gasteiger partial charge in [-0.1, -0.05) is 0 Å². The van der Waals surface area contributed by atoms with Crippen molar-refractivity contribution in [2.75, 3.05) is 19.8 Å². The summed E-state index contributed by atoms with van der Waals surface area (Å²) in [5.41, 5.74) is 0.0361. The Bertz CT molecular complexity index is 286. The molecule has 2 saturated heterocycles. The van der Waals surface area contributed by atoms with Crippen molar-refractivity contribution in [1.29, 1.82) is 0 Å². The Labute approximate surface area is 110 Å². The van der Waals surface area contributed by atoms with Crippen LogP contribution in [0.15, 0.2) is 0 Å². The van der Waals surface area contributed by atoms with Crippen LogP contribution in [-0.2, 0) is 9.53 Å². The molecule has 2 fully saturated rings. The van der Waals surface area contributed by atoms with E-state index in [9.17, 15) is 4.79 Å². The van der Waals surface area contributed by atoms with Gasteiger partial charge in [-0.05, 0) is 52.0 Å². The molecular weight excluding hydrogens is 228 g/mol. The molecule has 0 radical (unpaired) electrons. The molecule has 0 bridgehead atoms. The molecule has 1 amide bonds. The van der Waals surface area contributed by atoms with E-state index in [2.05, 4.69) is 24.5 Å². The summed E-state index contributed by atoms with van der Waals surface area (Å²) in [6.45, 7) is 7.04. The molecule has 0 aliphatic carbocycles. The molecular formula is C14H26N2O2. The van der Waals surface area contributed by atoms with E-state index in [0.29, 0.717) is 12.3 Å². The first-order valence-corrected chi connectivity index (χ1v) is 7.20. The molecule has 0 aromatic rings. The normalized spacial score (nSPS) is 28.2. The van der Waals surface area contributed by atoms with Crippen LogP contribution in [0.5, 0.6) is 0 Å². The minimum atomic E-state index is 0.0361. The van der Waals surface area contributed by atoms with Crippen molar-refractivity contribution < 1.29 is 9.53 Å². The van der Waals surface area contributed by atoms with E-state index in [0.717, 1.165) is 45.4 Å². The van der Waals surface area contributed by atoms with Gasteiger partial charge in [-0.15, -0.1) is 0 Å². The molecule has 1 unspecified atom stereocenters. The van der Waals surface area contributed by atoms with Crippen molar-refractivity contribution in [3.8, 4) is 0 Å². The highest BCUT2D eigenvalue weighted by atomic mass is 16.5. The molecule has 2 rings (SSSR count). The highest BCUT2D eigenvalue weighted by Gasteiger charge is 2.34. The summed E-state index contributed by atoms with van der Waals surface area (Å²) in [6, 6.07) is 0.277. The van der Waals surface area contributed by atoms with Crippen LogP contribution in [0, 0.1) is 5.92 Å². The molecule has 4 nitrogen and oxygen atoms in total. The van der Waals surface area contributed by atoms with Crippen LogP contribution < -0.4 is 10.6 Å². The van der Waals surface area contributed by atoms with E-state index < -0.39 is 0 Å². The second-order valence-electron chi connectivity index (χ2n) is 6.15. The average molecular weight is 254 g/mol. The lowest BCUT2D eigenvalue weighted by Gasteiger charge is -2.28. The lowest BCUT2D eigenvalue weighted by molar-refractivity contribution is -0.122. The fraction of sp³-hybridized carbons (Fsp3) is 0.929. The summed E-state index contributed by atoms with van der Waals surface area (Å²) < 4.78 is 5.33. The second-order valence-corrected chi connectivity index (χ2v) is 6.15. The van der Waals surface area contributed by atoms with Crippen LogP contribution in [0.4, 0.5) is 0 Å². The molecule has 4 heteroatoms. The Morgan fingerprint density at radius 2 is 2.06 bits per heavy atom. The van der Waals surface area contributed by atoms with Gasteiger partial charge in [-0.25, -0.2) is 0 Å². The maximum absolute atomic E-state index is 12.0. The van der Waals surface area contributed by atoms with Gasteiger partial charge in [0, 0.05) is 31.2 Å². The minimum Gasteiger partial charge on any atom is -0.381 e. The topological polar surface area (TPSA) is 50.4 Å². The summed E-state index contributed by atoms with van der Waals surface area (Å²) in [5.74, 6) is 0.891. The van der Waals surface area contributed by atoms with Crippen LogP contribution >= 0.6 is 0 Å². The van der Waals surface area contributed by atoms with Gasteiger partial charge in [0.2, 0.25) is 5.91 Å². The van der Waals surface area contributed by atoms with Gasteiger partial charge in [-0.2, -0.15) is 0 Å². The Hall–Kier alpha value is -0.610. The van der Waals surface area contributed by atoms with E-state index >= 15 is 0 Å². The number of hydrogen-bond acceptors (Lipinski definition) is 3. The highest BCUT2D eigenvalue weighted by molar-refractivity contribution is 5.76. The Morgan fingerprint density at radius 3 is 2.67 bits per heavy atom. The molecule has 1 atom stereocenters. The van der Waals surface area contributed by atoms with Crippen LogP contribution in [0.25, 0.3) is 0 Å². The number of carbonyl (C=O) groups excluding carboxylic acids is 1. The molecule has 2 aliphatic heterocycles. The number of nitrogens with one attached hydrogen (secondary N) is 2. The largest absolute Gasteiger partial charge is 0.381 e. The second kappa shape index (κ2) is 6.02. The fourth-order valence-electron chi connectivity index (χ4n) is 2.91. The minimum absolute atomic E-state index is 0.0361. The Balaban J connectivity index is 1.68. The van der Waals surface area contributed by atoms with Gasteiger partial charge >= 0.3 is 0 Å². The van der Waals surface area contributed by atoms with Crippen molar-refractivity contribution in [1.82, 2.24) is 10.6 Å². The predicted molar refractivity (Wildman–Crippen MR) is 71.4 cm³/mol. The zero-order valence-electron chi connectivity index (χ0n) is 11.6. The Morgan fingerprint density at radius 1 is 1.33 bits per heavy atom. The van der Waals surface area contributed by atoms with Crippen LogP contribution in [0.3, 0.4) is 0 Å². The van der Waals surface area contributed by atoms with Gasteiger partial charge in [-0.3, -0.25) is 4.79 Å². The summed E-state index contributed by atoms with van der Waals surface area (Å²) in [4.78, 5) is 12.0. The van der Waals surface area contributed by atoms with Gasteiger partial charge in [0.15, 0.2) is 0 Å². The first-order valence-electron chi connectivity index (χ1n) is 7.20. The van der Waals surface area contributed by atoms with E-state index in [-0.39, 0.29) is 17.5 Å². The summed E-state index contributed by atoms with van der Waals surface area (Å²) >= 11 is 0. The number of hydrogen-bond donors (Lipinski definition) is 2. The quantitative estimate of drug-likeness (QED) is 0.798.